The second-order valence-electron chi connectivity index (χ2n) is 9.91. The number of fused-ring (bicyclic) bond motifs is 4. The lowest BCUT2D eigenvalue weighted by atomic mass is 9.93. The van der Waals surface area contributed by atoms with Gasteiger partial charge in [0.15, 0.2) is 48.1 Å². The number of benzene rings is 4. The molecule has 1 aromatic heterocycles. The van der Waals surface area contributed by atoms with Gasteiger partial charge in [-0.05, 0) is 54.1 Å². The molecule has 0 N–H and O–H groups in total. The summed E-state index contributed by atoms with van der Waals surface area (Å²) in [5, 5.41) is 4.69. The molecule has 7 nitrogen and oxygen atoms in total. The number of hydrogen-bond donors (Lipinski definition) is 0. The second-order valence-corrected chi connectivity index (χ2v) is 9.91. The van der Waals surface area contributed by atoms with E-state index in [1.54, 1.807) is 6.07 Å². The summed E-state index contributed by atoms with van der Waals surface area (Å²) in [5.41, 5.74) is 1.08. The van der Waals surface area contributed by atoms with Crippen molar-refractivity contribution in [2.45, 2.75) is 19.1 Å². The molecule has 0 fully saturated rings. The predicted molar refractivity (Wildman–Crippen MR) is 143 cm³/mol. The fraction of sp³-hybridized carbons (Fsp3) is 0.226. The number of ether oxygens (including phenoxy) is 5. The molecular formula is C31H23BrF3NO6. The van der Waals surface area contributed by atoms with Gasteiger partial charge < -0.3 is 40.7 Å². The van der Waals surface area contributed by atoms with E-state index in [0.29, 0.717) is 18.0 Å². The Morgan fingerprint density at radius 2 is 1.67 bits per heavy atom. The van der Waals surface area contributed by atoms with Crippen molar-refractivity contribution in [2.75, 3.05) is 27.6 Å². The fourth-order valence-electron chi connectivity index (χ4n) is 5.87. The van der Waals surface area contributed by atoms with Crippen LogP contribution in [0.5, 0.6) is 28.7 Å². The number of halogens is 4. The van der Waals surface area contributed by atoms with E-state index in [2.05, 4.69) is 10.6 Å². The minimum atomic E-state index is -4.68. The molecule has 0 bridgehead atoms. The first-order valence-corrected chi connectivity index (χ1v) is 12.9. The number of carbonyl (C=O) groups excluding carboxylic acids is 1. The first kappa shape index (κ1) is 27.9. The van der Waals surface area contributed by atoms with E-state index in [1.165, 1.54) is 18.7 Å². The minimum absolute atomic E-state index is 0. The Labute approximate surface area is 248 Å². The number of pyridine rings is 1. The lowest BCUT2D eigenvalue weighted by molar-refractivity contribution is -0.670. The molecule has 0 saturated carbocycles. The van der Waals surface area contributed by atoms with Crippen LogP contribution < -0.4 is 45.2 Å². The number of carbonyl (C=O) groups is 1. The van der Waals surface area contributed by atoms with Crippen molar-refractivity contribution in [3.63, 3.8) is 0 Å². The fourth-order valence-corrected chi connectivity index (χ4v) is 5.87. The van der Waals surface area contributed by atoms with Crippen molar-refractivity contribution in [1.82, 2.24) is 0 Å². The van der Waals surface area contributed by atoms with Crippen LogP contribution in [0.15, 0.2) is 54.7 Å². The Hall–Kier alpha value is -4.25. The third-order valence-corrected chi connectivity index (χ3v) is 7.73. The summed E-state index contributed by atoms with van der Waals surface area (Å²) in [7, 11) is 2.64. The van der Waals surface area contributed by atoms with E-state index < -0.39 is 24.1 Å². The van der Waals surface area contributed by atoms with E-state index in [0.717, 1.165) is 69.6 Å². The van der Waals surface area contributed by atoms with Crippen LogP contribution >= 0.6 is 0 Å². The van der Waals surface area contributed by atoms with E-state index in [1.807, 2.05) is 24.4 Å². The Balaban J connectivity index is 0.00000316. The Bertz CT molecular complexity index is 1920. The van der Waals surface area contributed by atoms with E-state index in [-0.39, 0.29) is 35.1 Å². The summed E-state index contributed by atoms with van der Waals surface area (Å²) in [6, 6.07) is 13.0. The number of aromatic nitrogens is 1. The van der Waals surface area contributed by atoms with Crippen molar-refractivity contribution in [1.29, 1.82) is 0 Å². The van der Waals surface area contributed by atoms with Gasteiger partial charge in [0, 0.05) is 22.8 Å². The Kier molecular flexibility index (Phi) is 6.80. The Morgan fingerprint density at radius 1 is 0.929 bits per heavy atom. The summed E-state index contributed by atoms with van der Waals surface area (Å²) < 4.78 is 70.5. The SMILES string of the molecule is COc1ccc(C(=O)COc2c(OC)ccc3c2c[n+]2c4c3ccc3c5c(cc(c34)CC2)OCO5)cc1C(F)(F)F.[Br-]. The average Bonchev–Trinajstić information content (AvgIpc) is 3.45. The molecule has 11 heteroatoms. The van der Waals surface area contributed by atoms with Crippen molar-refractivity contribution in [2.24, 2.45) is 0 Å². The number of alkyl halides is 3. The van der Waals surface area contributed by atoms with Gasteiger partial charge in [0.05, 0.1) is 35.9 Å². The van der Waals surface area contributed by atoms with Gasteiger partial charge in [-0.1, -0.05) is 0 Å². The molecule has 3 heterocycles. The third kappa shape index (κ3) is 4.25. The van der Waals surface area contributed by atoms with Crippen LogP contribution in [0.1, 0.15) is 21.5 Å². The summed E-state index contributed by atoms with van der Waals surface area (Å²) in [6.45, 7) is 0.416. The van der Waals surface area contributed by atoms with Crippen LogP contribution in [0.2, 0.25) is 0 Å². The third-order valence-electron chi connectivity index (χ3n) is 7.73. The van der Waals surface area contributed by atoms with Crippen LogP contribution in [0.3, 0.4) is 0 Å². The minimum Gasteiger partial charge on any atom is -1.00 e. The maximum absolute atomic E-state index is 13.5. The van der Waals surface area contributed by atoms with Crippen LogP contribution in [-0.4, -0.2) is 33.4 Å². The van der Waals surface area contributed by atoms with Gasteiger partial charge in [-0.15, -0.1) is 0 Å². The van der Waals surface area contributed by atoms with Crippen molar-refractivity contribution < 1.29 is 63.2 Å². The zero-order chi connectivity index (χ0) is 28.5. The first-order valence-electron chi connectivity index (χ1n) is 12.9. The van der Waals surface area contributed by atoms with Gasteiger partial charge in [-0.3, -0.25) is 4.79 Å². The van der Waals surface area contributed by atoms with Crippen LogP contribution in [0.25, 0.3) is 32.4 Å². The lowest BCUT2D eigenvalue weighted by Crippen LogP contribution is -3.00. The summed E-state index contributed by atoms with van der Waals surface area (Å²) >= 11 is 0. The van der Waals surface area contributed by atoms with Gasteiger partial charge in [0.1, 0.15) is 5.75 Å². The average molecular weight is 642 g/mol. The lowest BCUT2D eigenvalue weighted by Gasteiger charge is -2.18. The normalized spacial score (nSPS) is 13.5. The summed E-state index contributed by atoms with van der Waals surface area (Å²) in [5.74, 6) is 1.27. The van der Waals surface area contributed by atoms with Gasteiger partial charge in [0.25, 0.3) is 0 Å². The highest BCUT2D eigenvalue weighted by molar-refractivity contribution is 6.17. The molecule has 42 heavy (non-hydrogen) atoms. The standard InChI is InChI=1S/C31H23F3NO6.BrH/c1-37-24-7-3-16(11-22(24)31(32,33)34)23(36)14-39-30-21-13-35-10-9-17-12-26-29(41-15-40-26)20-5-4-19(28(35)27(17)20)18(21)6-8-25(30)38-2;/h3-8,11-13H,9-10,14-15H2,1-2H3;1H/q+1;/p-1. The van der Waals surface area contributed by atoms with Crippen LogP contribution in [0, 0.1) is 0 Å². The smallest absolute Gasteiger partial charge is 0.419 e. The number of Topliss-reactive ketones (excluding diaryl/α,β-unsaturated/α-hetero) is 1. The topological polar surface area (TPSA) is 67.1 Å². The molecule has 4 aromatic carbocycles. The van der Waals surface area contributed by atoms with E-state index in [4.69, 9.17) is 23.7 Å². The van der Waals surface area contributed by atoms with Gasteiger partial charge >= 0.3 is 6.18 Å². The van der Waals surface area contributed by atoms with Crippen molar-refractivity contribution in [3.8, 4) is 28.7 Å². The van der Waals surface area contributed by atoms with Gasteiger partial charge in [-0.25, -0.2) is 0 Å². The quantitative estimate of drug-likeness (QED) is 0.161. The maximum atomic E-state index is 13.5. The molecule has 0 spiro atoms. The van der Waals surface area contributed by atoms with Gasteiger partial charge in [-0.2, -0.15) is 17.7 Å². The molecule has 0 unspecified atom stereocenters. The highest BCUT2D eigenvalue weighted by Crippen LogP contribution is 2.46. The maximum Gasteiger partial charge on any atom is 0.419 e. The summed E-state index contributed by atoms with van der Waals surface area (Å²) in [6.07, 6.45) is -1.92. The predicted octanol–water partition coefficient (Wildman–Crippen LogP) is 3.02. The van der Waals surface area contributed by atoms with Crippen molar-refractivity contribution in [3.05, 3.63) is 71.4 Å². The first-order chi connectivity index (χ1) is 19.8. The highest BCUT2D eigenvalue weighted by Gasteiger charge is 2.35. The molecule has 0 saturated heterocycles. The van der Waals surface area contributed by atoms with Crippen LogP contribution in [0.4, 0.5) is 13.2 Å². The number of methoxy groups -OCH3 is 2. The number of aryl methyl sites for hydroxylation is 2. The van der Waals surface area contributed by atoms with Crippen molar-refractivity contribution >= 4 is 38.2 Å². The van der Waals surface area contributed by atoms with E-state index >= 15 is 0 Å². The zero-order valence-corrected chi connectivity index (χ0v) is 24.0. The van der Waals surface area contributed by atoms with Crippen LogP contribution in [-0.2, 0) is 19.1 Å². The van der Waals surface area contributed by atoms with E-state index in [9.17, 15) is 18.0 Å². The molecule has 0 radical (unpaired) electrons. The molecular weight excluding hydrogens is 619 g/mol. The second kappa shape index (κ2) is 10.2. The molecule has 216 valence electrons. The summed E-state index contributed by atoms with van der Waals surface area (Å²) in [4.78, 5) is 13.0. The number of hydrogen-bond acceptors (Lipinski definition) is 6. The number of ketones is 1. The zero-order valence-electron chi connectivity index (χ0n) is 22.4. The molecule has 2 aliphatic heterocycles. The molecule has 0 aliphatic carbocycles. The highest BCUT2D eigenvalue weighted by atomic mass is 79.9. The van der Waals surface area contributed by atoms with Gasteiger partial charge in [0.2, 0.25) is 12.3 Å². The molecule has 7 rings (SSSR count). The molecule has 0 atom stereocenters. The number of nitrogens with zero attached hydrogens (tertiary/aromatic N) is 1. The number of rotatable bonds is 6. The largest absolute Gasteiger partial charge is 1.00 e. The molecule has 0 amide bonds. The monoisotopic (exact) mass is 641 g/mol. The molecule has 2 aliphatic rings. The molecule has 5 aromatic rings. The Morgan fingerprint density at radius 3 is 2.43 bits per heavy atom.